The van der Waals surface area contributed by atoms with Crippen LogP contribution in [0.3, 0.4) is 0 Å². The van der Waals surface area contributed by atoms with Crippen molar-refractivity contribution in [2.45, 2.75) is 12.5 Å². The molecule has 0 saturated carbocycles. The Bertz CT molecular complexity index is 1460. The van der Waals surface area contributed by atoms with Crippen LogP contribution in [0.2, 0.25) is 0 Å². The monoisotopic (exact) mass is 470 g/mol. The van der Waals surface area contributed by atoms with Gasteiger partial charge in [0.1, 0.15) is 5.75 Å². The van der Waals surface area contributed by atoms with E-state index in [2.05, 4.69) is 4.98 Å². The highest BCUT2D eigenvalue weighted by Crippen LogP contribution is 2.41. The molecule has 2 heterocycles. The van der Waals surface area contributed by atoms with Gasteiger partial charge in [-0.15, -0.1) is 0 Å². The topological polar surface area (TPSA) is 80.9 Å². The molecule has 0 saturated heterocycles. The Hall–Kier alpha value is -4.26. The van der Waals surface area contributed by atoms with Crippen LogP contribution in [0, 0.1) is 0 Å². The highest BCUT2D eigenvalue weighted by Gasteiger charge is 2.35. The summed E-state index contributed by atoms with van der Waals surface area (Å²) in [5.41, 5.74) is 3.32. The Morgan fingerprint density at radius 2 is 1.63 bits per heavy atom. The zero-order valence-electron chi connectivity index (χ0n) is 19.8. The largest absolute Gasteiger partial charge is 0.497 e. The summed E-state index contributed by atoms with van der Waals surface area (Å²) < 4.78 is 16.4. The van der Waals surface area contributed by atoms with E-state index in [4.69, 9.17) is 14.2 Å². The molecule has 1 aliphatic rings. The number of aromatic nitrogens is 1. The van der Waals surface area contributed by atoms with E-state index in [1.807, 2.05) is 48.5 Å². The molecule has 7 nitrogen and oxygen atoms in total. The Labute approximate surface area is 202 Å². The quantitative estimate of drug-likeness (QED) is 0.469. The normalized spacial score (nSPS) is 14.9. The molecule has 178 valence electrons. The van der Waals surface area contributed by atoms with Gasteiger partial charge in [-0.05, 0) is 65.4 Å². The van der Waals surface area contributed by atoms with Gasteiger partial charge in [-0.3, -0.25) is 9.59 Å². The second-order valence-electron chi connectivity index (χ2n) is 8.43. The van der Waals surface area contributed by atoms with Gasteiger partial charge in [0.25, 0.3) is 11.5 Å². The third-order valence-corrected chi connectivity index (χ3v) is 6.53. The third-order valence-electron chi connectivity index (χ3n) is 6.53. The molecule has 1 atom stereocenters. The zero-order valence-corrected chi connectivity index (χ0v) is 19.8. The highest BCUT2D eigenvalue weighted by atomic mass is 16.5. The summed E-state index contributed by atoms with van der Waals surface area (Å²) in [7, 11) is 4.75. The van der Waals surface area contributed by atoms with Gasteiger partial charge < -0.3 is 24.1 Å². The van der Waals surface area contributed by atoms with E-state index in [9.17, 15) is 9.59 Å². The molecule has 1 aromatic heterocycles. The predicted molar refractivity (Wildman–Crippen MR) is 134 cm³/mol. The molecule has 7 heteroatoms. The fourth-order valence-corrected chi connectivity index (χ4v) is 4.77. The van der Waals surface area contributed by atoms with Crippen LogP contribution < -0.4 is 19.8 Å². The van der Waals surface area contributed by atoms with Crippen molar-refractivity contribution in [3.63, 3.8) is 0 Å². The maximum atomic E-state index is 13.7. The second kappa shape index (κ2) is 9.18. The molecule has 1 N–H and O–H groups in total. The number of nitrogens with zero attached hydrogens (tertiary/aromatic N) is 1. The van der Waals surface area contributed by atoms with Crippen LogP contribution in [0.4, 0.5) is 0 Å². The van der Waals surface area contributed by atoms with Gasteiger partial charge in [-0.25, -0.2) is 0 Å². The standard InChI is InChI=1S/C28H26N2O5/c1-33-20-10-9-19-13-22(27(31)29-23(19)15-20)26-21-16-25(35-3)24(34-2)14-18(21)11-12-30(26)28(32)17-7-5-4-6-8-17/h4-10,13-16,26H,11-12H2,1-3H3,(H,29,31)/t26-/m0/s1. The van der Waals surface area contributed by atoms with Crippen LogP contribution in [0.15, 0.2) is 71.5 Å². The molecular formula is C28H26N2O5. The van der Waals surface area contributed by atoms with Crippen molar-refractivity contribution in [1.29, 1.82) is 0 Å². The first-order valence-electron chi connectivity index (χ1n) is 11.4. The summed E-state index contributed by atoms with van der Waals surface area (Å²) in [5, 5.41) is 0.847. The van der Waals surface area contributed by atoms with E-state index >= 15 is 0 Å². The molecule has 35 heavy (non-hydrogen) atoms. The number of aromatic amines is 1. The number of carbonyl (C=O) groups excluding carboxylic acids is 1. The van der Waals surface area contributed by atoms with E-state index in [-0.39, 0.29) is 11.5 Å². The van der Waals surface area contributed by atoms with E-state index in [0.29, 0.717) is 46.9 Å². The molecule has 5 rings (SSSR count). The number of hydrogen-bond acceptors (Lipinski definition) is 5. The Morgan fingerprint density at radius 1 is 0.886 bits per heavy atom. The summed E-state index contributed by atoms with van der Waals surface area (Å²) >= 11 is 0. The van der Waals surface area contributed by atoms with Crippen molar-refractivity contribution in [3.8, 4) is 17.2 Å². The first-order chi connectivity index (χ1) is 17.0. The number of methoxy groups -OCH3 is 3. The number of nitrogens with one attached hydrogen (secondary N) is 1. The lowest BCUT2D eigenvalue weighted by molar-refractivity contribution is 0.0693. The van der Waals surface area contributed by atoms with E-state index in [0.717, 1.165) is 16.5 Å². The van der Waals surface area contributed by atoms with Crippen LogP contribution in [-0.2, 0) is 6.42 Å². The molecule has 3 aromatic carbocycles. The highest BCUT2D eigenvalue weighted by molar-refractivity contribution is 5.95. The average Bonchev–Trinajstić information content (AvgIpc) is 2.91. The minimum Gasteiger partial charge on any atom is -0.497 e. The molecule has 1 aliphatic heterocycles. The van der Waals surface area contributed by atoms with Crippen LogP contribution >= 0.6 is 0 Å². The number of carbonyl (C=O) groups is 1. The Kier molecular flexibility index (Phi) is 5.91. The molecule has 0 radical (unpaired) electrons. The van der Waals surface area contributed by atoms with Crippen LogP contribution in [0.25, 0.3) is 10.9 Å². The van der Waals surface area contributed by atoms with Crippen molar-refractivity contribution in [2.24, 2.45) is 0 Å². The SMILES string of the molecule is COc1ccc2cc([C@@H]3c4cc(OC)c(OC)cc4CCN3C(=O)c3ccccc3)c(=O)[nH]c2c1. The van der Waals surface area contributed by atoms with E-state index in [1.54, 1.807) is 44.4 Å². The zero-order chi connectivity index (χ0) is 24.5. The van der Waals surface area contributed by atoms with Crippen LogP contribution in [-0.4, -0.2) is 43.7 Å². The number of rotatable bonds is 5. The maximum absolute atomic E-state index is 13.7. The number of fused-ring (bicyclic) bond motifs is 2. The first kappa shape index (κ1) is 22.5. The number of pyridine rings is 1. The van der Waals surface area contributed by atoms with Crippen LogP contribution in [0.1, 0.15) is 33.1 Å². The number of ether oxygens (including phenoxy) is 3. The lowest BCUT2D eigenvalue weighted by Crippen LogP contribution is -2.42. The molecule has 0 bridgehead atoms. The lowest BCUT2D eigenvalue weighted by Gasteiger charge is -2.38. The molecule has 0 unspecified atom stereocenters. The minimum atomic E-state index is -0.596. The average molecular weight is 471 g/mol. The summed E-state index contributed by atoms with van der Waals surface area (Å²) in [4.78, 5) is 31.9. The van der Waals surface area contributed by atoms with Crippen molar-refractivity contribution < 1.29 is 19.0 Å². The lowest BCUT2D eigenvalue weighted by atomic mass is 9.87. The van der Waals surface area contributed by atoms with Crippen LogP contribution in [0.5, 0.6) is 17.2 Å². The van der Waals surface area contributed by atoms with Gasteiger partial charge in [0, 0.05) is 23.7 Å². The minimum absolute atomic E-state index is 0.134. The third kappa shape index (κ3) is 3.99. The fourth-order valence-electron chi connectivity index (χ4n) is 4.77. The number of amides is 1. The van der Waals surface area contributed by atoms with Crippen molar-refractivity contribution >= 4 is 16.8 Å². The summed E-state index contributed by atoms with van der Waals surface area (Å²) in [6.45, 7) is 0.459. The second-order valence-corrected chi connectivity index (χ2v) is 8.43. The summed E-state index contributed by atoms with van der Waals surface area (Å²) in [5.74, 6) is 1.69. The number of hydrogen-bond donors (Lipinski definition) is 1. The van der Waals surface area contributed by atoms with Crippen molar-refractivity contribution in [3.05, 3.63) is 99.3 Å². The Morgan fingerprint density at radius 3 is 2.34 bits per heavy atom. The van der Waals surface area contributed by atoms with Gasteiger partial charge in [0.2, 0.25) is 0 Å². The van der Waals surface area contributed by atoms with Gasteiger partial charge in [0.05, 0.1) is 32.9 Å². The van der Waals surface area contributed by atoms with E-state index < -0.39 is 6.04 Å². The molecular weight excluding hydrogens is 444 g/mol. The Balaban J connectivity index is 1.72. The smallest absolute Gasteiger partial charge is 0.254 e. The summed E-state index contributed by atoms with van der Waals surface area (Å²) in [6, 6.07) is 19.7. The van der Waals surface area contributed by atoms with Gasteiger partial charge in [-0.1, -0.05) is 18.2 Å². The van der Waals surface area contributed by atoms with Gasteiger partial charge >= 0.3 is 0 Å². The van der Waals surface area contributed by atoms with Gasteiger partial charge in [0.15, 0.2) is 11.5 Å². The fraction of sp³-hybridized carbons (Fsp3) is 0.214. The predicted octanol–water partition coefficient (Wildman–Crippen LogP) is 4.34. The van der Waals surface area contributed by atoms with Crippen molar-refractivity contribution in [1.82, 2.24) is 9.88 Å². The molecule has 0 spiro atoms. The maximum Gasteiger partial charge on any atom is 0.254 e. The van der Waals surface area contributed by atoms with Gasteiger partial charge in [-0.2, -0.15) is 0 Å². The first-order valence-corrected chi connectivity index (χ1v) is 11.4. The molecule has 0 fully saturated rings. The number of H-pyrrole nitrogens is 1. The molecule has 4 aromatic rings. The molecule has 0 aliphatic carbocycles. The summed E-state index contributed by atoms with van der Waals surface area (Å²) in [6.07, 6.45) is 0.632. The number of benzene rings is 3. The van der Waals surface area contributed by atoms with E-state index in [1.165, 1.54) is 0 Å². The van der Waals surface area contributed by atoms with Crippen molar-refractivity contribution in [2.75, 3.05) is 27.9 Å². The molecule has 1 amide bonds.